The molecule has 2 aromatic heterocycles. The third-order valence-corrected chi connectivity index (χ3v) is 3.23. The first-order chi connectivity index (χ1) is 8.09. The maximum absolute atomic E-state index is 11.2. The minimum absolute atomic E-state index is 0.109. The van der Waals surface area contributed by atoms with Crippen molar-refractivity contribution >= 4 is 17.3 Å². The molecule has 0 saturated heterocycles. The molecule has 0 radical (unpaired) electrons. The highest BCUT2D eigenvalue weighted by Gasteiger charge is 2.15. The minimum atomic E-state index is -0.918. The molecule has 0 aromatic carbocycles. The number of carboxylic acid groups (broad SMARTS) is 1. The zero-order valence-corrected chi connectivity index (χ0v) is 10.5. The third-order valence-electron chi connectivity index (χ3n) is 2.55. The van der Waals surface area contributed by atoms with Crippen LogP contribution in [0.3, 0.4) is 0 Å². The Labute approximate surface area is 104 Å². The number of aromatic carboxylic acids is 1. The number of aromatic nitrogens is 1. The van der Waals surface area contributed by atoms with E-state index in [1.54, 1.807) is 23.6 Å². The van der Waals surface area contributed by atoms with E-state index in [0.29, 0.717) is 11.3 Å². The molecule has 0 amide bonds. The van der Waals surface area contributed by atoms with Crippen molar-refractivity contribution in [3.8, 4) is 11.1 Å². The van der Waals surface area contributed by atoms with Crippen LogP contribution in [0.4, 0.5) is 0 Å². The first-order valence-electron chi connectivity index (χ1n) is 5.35. The van der Waals surface area contributed by atoms with Crippen molar-refractivity contribution < 1.29 is 9.90 Å². The van der Waals surface area contributed by atoms with Gasteiger partial charge in [-0.25, -0.2) is 4.79 Å². The molecule has 1 N–H and O–H groups in total. The molecule has 88 valence electrons. The first kappa shape index (κ1) is 11.8. The molecule has 0 fully saturated rings. The summed E-state index contributed by atoms with van der Waals surface area (Å²) in [5.41, 5.74) is 2.80. The van der Waals surface area contributed by atoms with Crippen LogP contribution < -0.4 is 0 Å². The summed E-state index contributed by atoms with van der Waals surface area (Å²) in [5, 5.41) is 13.1. The molecule has 17 heavy (non-hydrogen) atoms. The molecule has 2 rings (SSSR count). The van der Waals surface area contributed by atoms with Gasteiger partial charge in [-0.3, -0.25) is 4.98 Å². The summed E-state index contributed by atoms with van der Waals surface area (Å²) >= 11 is 1.58. The third kappa shape index (κ3) is 2.36. The lowest BCUT2D eigenvalue weighted by atomic mass is 10.0. The second kappa shape index (κ2) is 4.67. The quantitative estimate of drug-likeness (QED) is 0.901. The molecule has 0 unspecified atom stereocenters. The van der Waals surface area contributed by atoms with Crippen LogP contribution in [-0.4, -0.2) is 16.1 Å². The average molecular weight is 247 g/mol. The standard InChI is InChI=1S/C13H13NO2S/c1-8(2)12-11(13(15)16)5-10(6-14-12)9-3-4-17-7-9/h3-8H,1-2H3,(H,15,16). The van der Waals surface area contributed by atoms with Gasteiger partial charge in [0.15, 0.2) is 0 Å². The van der Waals surface area contributed by atoms with Crippen LogP contribution in [0, 0.1) is 0 Å². The summed E-state index contributed by atoms with van der Waals surface area (Å²) in [6.45, 7) is 3.89. The second-order valence-corrected chi connectivity index (χ2v) is 4.91. The summed E-state index contributed by atoms with van der Waals surface area (Å²) in [6.07, 6.45) is 1.74. The van der Waals surface area contributed by atoms with Crippen LogP contribution in [0.25, 0.3) is 11.1 Å². The van der Waals surface area contributed by atoms with Crippen LogP contribution in [0.15, 0.2) is 29.1 Å². The highest BCUT2D eigenvalue weighted by molar-refractivity contribution is 7.08. The Morgan fingerprint density at radius 3 is 2.71 bits per heavy atom. The Hall–Kier alpha value is -1.68. The van der Waals surface area contributed by atoms with Crippen LogP contribution in [0.5, 0.6) is 0 Å². The number of hydrogen-bond acceptors (Lipinski definition) is 3. The minimum Gasteiger partial charge on any atom is -0.478 e. The van der Waals surface area contributed by atoms with Crippen molar-refractivity contribution in [2.24, 2.45) is 0 Å². The van der Waals surface area contributed by atoms with Crippen molar-refractivity contribution in [3.05, 3.63) is 40.3 Å². The van der Waals surface area contributed by atoms with E-state index < -0.39 is 5.97 Å². The van der Waals surface area contributed by atoms with Gasteiger partial charge in [0.05, 0.1) is 11.3 Å². The fourth-order valence-corrected chi connectivity index (χ4v) is 2.36. The Morgan fingerprint density at radius 2 is 2.18 bits per heavy atom. The number of nitrogens with zero attached hydrogens (tertiary/aromatic N) is 1. The number of carboxylic acids is 1. The lowest BCUT2D eigenvalue weighted by molar-refractivity contribution is 0.0694. The smallest absolute Gasteiger partial charge is 0.337 e. The first-order valence-corrected chi connectivity index (χ1v) is 6.29. The van der Waals surface area contributed by atoms with E-state index in [0.717, 1.165) is 11.1 Å². The molecule has 4 heteroatoms. The maximum Gasteiger partial charge on any atom is 0.337 e. The van der Waals surface area contributed by atoms with Gasteiger partial charge in [0.1, 0.15) is 0 Å². The van der Waals surface area contributed by atoms with Gasteiger partial charge in [0.2, 0.25) is 0 Å². The number of hydrogen-bond donors (Lipinski definition) is 1. The molecular weight excluding hydrogens is 234 g/mol. The molecule has 0 aliphatic rings. The fraction of sp³-hybridized carbons (Fsp3) is 0.231. The van der Waals surface area contributed by atoms with E-state index in [1.807, 2.05) is 30.7 Å². The van der Waals surface area contributed by atoms with E-state index in [4.69, 9.17) is 0 Å². The van der Waals surface area contributed by atoms with Gasteiger partial charge in [0, 0.05) is 11.8 Å². The monoisotopic (exact) mass is 247 g/mol. The number of thiophene rings is 1. The van der Waals surface area contributed by atoms with Crippen LogP contribution >= 0.6 is 11.3 Å². The molecular formula is C13H13NO2S. The highest BCUT2D eigenvalue weighted by Crippen LogP contribution is 2.25. The Kier molecular flexibility index (Phi) is 3.24. The van der Waals surface area contributed by atoms with E-state index in [1.165, 1.54) is 0 Å². The Balaban J connectivity index is 2.53. The lowest BCUT2D eigenvalue weighted by Crippen LogP contribution is -2.06. The van der Waals surface area contributed by atoms with Gasteiger partial charge in [-0.2, -0.15) is 11.3 Å². The summed E-state index contributed by atoms with van der Waals surface area (Å²) in [4.78, 5) is 15.5. The average Bonchev–Trinajstić information content (AvgIpc) is 2.81. The number of pyridine rings is 1. The molecule has 0 bridgehead atoms. The maximum atomic E-state index is 11.2. The predicted octanol–water partition coefficient (Wildman–Crippen LogP) is 3.63. The van der Waals surface area contributed by atoms with Gasteiger partial charge in [-0.15, -0.1) is 0 Å². The van der Waals surface area contributed by atoms with Crippen LogP contribution in [0.1, 0.15) is 35.8 Å². The van der Waals surface area contributed by atoms with Gasteiger partial charge < -0.3 is 5.11 Å². The summed E-state index contributed by atoms with van der Waals surface area (Å²) in [7, 11) is 0. The van der Waals surface area contributed by atoms with E-state index in [9.17, 15) is 9.90 Å². The largest absolute Gasteiger partial charge is 0.478 e. The predicted molar refractivity (Wildman–Crippen MR) is 68.6 cm³/mol. The molecule has 0 spiro atoms. The van der Waals surface area contributed by atoms with E-state index in [2.05, 4.69) is 4.98 Å². The Morgan fingerprint density at radius 1 is 1.41 bits per heavy atom. The molecule has 0 aliphatic carbocycles. The molecule has 2 aromatic rings. The molecule has 0 saturated carbocycles. The second-order valence-electron chi connectivity index (χ2n) is 4.13. The normalized spacial score (nSPS) is 10.8. The lowest BCUT2D eigenvalue weighted by Gasteiger charge is -2.09. The van der Waals surface area contributed by atoms with Crippen molar-refractivity contribution in [2.75, 3.05) is 0 Å². The molecule has 2 heterocycles. The molecule has 3 nitrogen and oxygen atoms in total. The zero-order valence-electron chi connectivity index (χ0n) is 9.68. The molecule has 0 aliphatic heterocycles. The van der Waals surface area contributed by atoms with E-state index >= 15 is 0 Å². The summed E-state index contributed by atoms with van der Waals surface area (Å²) < 4.78 is 0. The van der Waals surface area contributed by atoms with Crippen molar-refractivity contribution in [1.29, 1.82) is 0 Å². The molecule has 0 atom stereocenters. The summed E-state index contributed by atoms with van der Waals surface area (Å²) in [5.74, 6) is -0.809. The van der Waals surface area contributed by atoms with Crippen molar-refractivity contribution in [2.45, 2.75) is 19.8 Å². The number of rotatable bonds is 3. The van der Waals surface area contributed by atoms with Gasteiger partial charge in [0.25, 0.3) is 0 Å². The van der Waals surface area contributed by atoms with Gasteiger partial charge in [-0.1, -0.05) is 13.8 Å². The van der Waals surface area contributed by atoms with E-state index in [-0.39, 0.29) is 5.92 Å². The van der Waals surface area contributed by atoms with Gasteiger partial charge >= 0.3 is 5.97 Å². The Bertz CT molecular complexity index is 532. The number of carbonyl (C=O) groups is 1. The fourth-order valence-electron chi connectivity index (χ4n) is 1.69. The van der Waals surface area contributed by atoms with Crippen LogP contribution in [-0.2, 0) is 0 Å². The highest BCUT2D eigenvalue weighted by atomic mass is 32.1. The van der Waals surface area contributed by atoms with Crippen molar-refractivity contribution in [1.82, 2.24) is 4.98 Å². The SMILES string of the molecule is CC(C)c1ncc(-c2ccsc2)cc1C(=O)O. The zero-order chi connectivity index (χ0) is 12.4. The topological polar surface area (TPSA) is 50.2 Å². The summed E-state index contributed by atoms with van der Waals surface area (Å²) in [6, 6.07) is 3.66. The van der Waals surface area contributed by atoms with Crippen molar-refractivity contribution in [3.63, 3.8) is 0 Å². The van der Waals surface area contributed by atoms with Gasteiger partial charge in [-0.05, 0) is 34.4 Å². The van der Waals surface area contributed by atoms with Crippen LogP contribution in [0.2, 0.25) is 0 Å².